The zero-order valence-corrected chi connectivity index (χ0v) is 13.6. The second-order valence-electron chi connectivity index (χ2n) is 4.35. The lowest BCUT2D eigenvalue weighted by atomic mass is 10.1. The summed E-state index contributed by atoms with van der Waals surface area (Å²) in [6.45, 7) is 1.71. The summed E-state index contributed by atoms with van der Waals surface area (Å²) < 4.78 is 29.0. The highest BCUT2D eigenvalue weighted by atomic mass is 32.2. The quantitative estimate of drug-likeness (QED) is 0.602. The molecular weight excluding hydrogens is 314 g/mol. The zero-order valence-electron chi connectivity index (χ0n) is 12.0. The molecule has 0 amide bonds. The Morgan fingerprint density at radius 2 is 1.86 bits per heavy atom. The highest BCUT2D eigenvalue weighted by molar-refractivity contribution is 8.01. The SMILES string of the molecule is COC(=O)CS[C@H](C)C(=O)c1ccc(NS(C)(=O)=O)cc1. The maximum atomic E-state index is 12.1. The van der Waals surface area contributed by atoms with Crippen LogP contribution in [0.25, 0.3) is 0 Å². The molecule has 0 aliphatic rings. The first-order chi connectivity index (χ1) is 9.73. The van der Waals surface area contributed by atoms with E-state index >= 15 is 0 Å². The number of carbonyl (C=O) groups is 2. The van der Waals surface area contributed by atoms with Crippen molar-refractivity contribution in [2.45, 2.75) is 12.2 Å². The van der Waals surface area contributed by atoms with Crippen LogP contribution >= 0.6 is 11.8 Å². The molecule has 1 aromatic rings. The van der Waals surface area contributed by atoms with Gasteiger partial charge < -0.3 is 4.74 Å². The summed E-state index contributed by atoms with van der Waals surface area (Å²) in [7, 11) is -2.04. The summed E-state index contributed by atoms with van der Waals surface area (Å²) >= 11 is 1.19. The second-order valence-corrected chi connectivity index (χ2v) is 7.42. The lowest BCUT2D eigenvalue weighted by Gasteiger charge is -2.10. The van der Waals surface area contributed by atoms with Gasteiger partial charge in [-0.25, -0.2) is 8.42 Å². The summed E-state index contributed by atoms with van der Waals surface area (Å²) in [4.78, 5) is 23.2. The van der Waals surface area contributed by atoms with Gasteiger partial charge in [-0.05, 0) is 31.2 Å². The first-order valence-electron chi connectivity index (χ1n) is 6.03. The number of rotatable bonds is 7. The fourth-order valence-corrected chi connectivity index (χ4v) is 2.83. The minimum atomic E-state index is -3.34. The summed E-state index contributed by atoms with van der Waals surface area (Å²) in [5, 5.41) is -0.391. The highest BCUT2D eigenvalue weighted by Crippen LogP contribution is 2.18. The molecule has 0 saturated heterocycles. The van der Waals surface area contributed by atoms with Crippen molar-refractivity contribution < 1.29 is 22.7 Å². The van der Waals surface area contributed by atoms with Gasteiger partial charge >= 0.3 is 5.97 Å². The van der Waals surface area contributed by atoms with Gasteiger partial charge in [0.1, 0.15) is 0 Å². The first-order valence-corrected chi connectivity index (χ1v) is 8.97. The van der Waals surface area contributed by atoms with Gasteiger partial charge in [0.15, 0.2) is 5.78 Å². The van der Waals surface area contributed by atoms with Crippen molar-refractivity contribution in [3.8, 4) is 0 Å². The molecule has 0 radical (unpaired) electrons. The van der Waals surface area contributed by atoms with Crippen LogP contribution in [0.3, 0.4) is 0 Å². The Morgan fingerprint density at radius 3 is 2.33 bits per heavy atom. The van der Waals surface area contributed by atoms with E-state index in [2.05, 4.69) is 9.46 Å². The van der Waals surface area contributed by atoms with Gasteiger partial charge in [0, 0.05) is 11.3 Å². The number of hydrogen-bond acceptors (Lipinski definition) is 6. The Kier molecular flexibility index (Phi) is 6.22. The molecule has 0 unspecified atom stereocenters. The van der Waals surface area contributed by atoms with Gasteiger partial charge in [-0.1, -0.05) is 0 Å². The third-order valence-corrected chi connectivity index (χ3v) is 4.24. The average Bonchev–Trinajstić information content (AvgIpc) is 2.42. The van der Waals surface area contributed by atoms with Crippen molar-refractivity contribution >= 4 is 39.2 Å². The maximum Gasteiger partial charge on any atom is 0.315 e. The van der Waals surface area contributed by atoms with Crippen LogP contribution in [0, 0.1) is 0 Å². The monoisotopic (exact) mass is 331 g/mol. The second kappa shape index (κ2) is 7.46. The Bertz CT molecular complexity index is 610. The number of thioether (sulfide) groups is 1. The topological polar surface area (TPSA) is 89.5 Å². The van der Waals surface area contributed by atoms with Crippen molar-refractivity contribution in [3.63, 3.8) is 0 Å². The third kappa shape index (κ3) is 6.17. The Labute approximate surface area is 128 Å². The van der Waals surface area contributed by atoms with E-state index in [1.54, 1.807) is 19.1 Å². The van der Waals surface area contributed by atoms with Gasteiger partial charge in [0.25, 0.3) is 0 Å². The summed E-state index contributed by atoms with van der Waals surface area (Å²) in [6, 6.07) is 6.13. The molecular formula is C13H17NO5S2. The molecule has 0 heterocycles. The molecule has 0 bridgehead atoms. The van der Waals surface area contributed by atoms with Crippen LogP contribution < -0.4 is 4.72 Å². The number of hydrogen-bond donors (Lipinski definition) is 1. The lowest BCUT2D eigenvalue weighted by molar-refractivity contribution is -0.137. The number of Topliss-reactive ketones (excluding diaryl/α,β-unsaturated/α-hetero) is 1. The lowest BCUT2D eigenvalue weighted by Crippen LogP contribution is -2.17. The van der Waals surface area contributed by atoms with Gasteiger partial charge in [-0.15, -0.1) is 11.8 Å². The normalized spacial score (nSPS) is 12.5. The number of ether oxygens (including phenoxy) is 1. The number of ketones is 1. The van der Waals surface area contributed by atoms with E-state index in [-0.39, 0.29) is 17.5 Å². The minimum absolute atomic E-state index is 0.108. The van der Waals surface area contributed by atoms with E-state index < -0.39 is 15.3 Å². The van der Waals surface area contributed by atoms with E-state index in [1.165, 1.54) is 31.0 Å². The molecule has 8 heteroatoms. The van der Waals surface area contributed by atoms with E-state index in [0.29, 0.717) is 11.3 Å². The van der Waals surface area contributed by atoms with Crippen LogP contribution in [-0.2, 0) is 19.6 Å². The fourth-order valence-electron chi connectivity index (χ4n) is 1.48. The van der Waals surface area contributed by atoms with Crippen molar-refractivity contribution in [2.24, 2.45) is 0 Å². The number of benzene rings is 1. The third-order valence-electron chi connectivity index (χ3n) is 2.52. The van der Waals surface area contributed by atoms with Crippen molar-refractivity contribution in [3.05, 3.63) is 29.8 Å². The molecule has 1 rings (SSSR count). The van der Waals surface area contributed by atoms with E-state index in [9.17, 15) is 18.0 Å². The van der Waals surface area contributed by atoms with Crippen molar-refractivity contribution in [2.75, 3.05) is 23.8 Å². The molecule has 0 aliphatic carbocycles. The molecule has 21 heavy (non-hydrogen) atoms. The summed E-state index contributed by atoms with van der Waals surface area (Å²) in [5.74, 6) is -0.404. The van der Waals surface area contributed by atoms with Crippen LogP contribution in [0.5, 0.6) is 0 Å². The van der Waals surface area contributed by atoms with Crippen LogP contribution in [0.4, 0.5) is 5.69 Å². The molecule has 1 aromatic carbocycles. The van der Waals surface area contributed by atoms with Crippen molar-refractivity contribution in [1.82, 2.24) is 0 Å². The van der Waals surface area contributed by atoms with Gasteiger partial charge in [0.2, 0.25) is 10.0 Å². The minimum Gasteiger partial charge on any atom is -0.468 e. The van der Waals surface area contributed by atoms with E-state index in [4.69, 9.17) is 0 Å². The molecule has 0 aliphatic heterocycles. The maximum absolute atomic E-state index is 12.1. The van der Waals surface area contributed by atoms with Crippen LogP contribution in [0.15, 0.2) is 24.3 Å². The number of esters is 1. The van der Waals surface area contributed by atoms with Crippen LogP contribution in [0.2, 0.25) is 0 Å². The molecule has 0 spiro atoms. The predicted molar refractivity (Wildman–Crippen MR) is 83.2 cm³/mol. The van der Waals surface area contributed by atoms with Gasteiger partial charge in [-0.2, -0.15) is 0 Å². The fraction of sp³-hybridized carbons (Fsp3) is 0.385. The summed E-state index contributed by atoms with van der Waals surface area (Å²) in [6.07, 6.45) is 1.05. The molecule has 1 atom stereocenters. The molecule has 116 valence electrons. The van der Waals surface area contributed by atoms with Gasteiger partial charge in [-0.3, -0.25) is 14.3 Å². The number of carbonyl (C=O) groups excluding carboxylic acids is 2. The molecule has 0 fully saturated rings. The number of nitrogens with one attached hydrogen (secondary N) is 1. The highest BCUT2D eigenvalue weighted by Gasteiger charge is 2.17. The molecule has 6 nitrogen and oxygen atoms in total. The number of sulfonamides is 1. The van der Waals surface area contributed by atoms with Gasteiger partial charge in [0.05, 0.1) is 24.4 Å². The number of methoxy groups -OCH3 is 1. The first kappa shape index (κ1) is 17.5. The largest absolute Gasteiger partial charge is 0.468 e. The smallest absolute Gasteiger partial charge is 0.315 e. The van der Waals surface area contributed by atoms with Crippen molar-refractivity contribution in [1.29, 1.82) is 0 Å². The van der Waals surface area contributed by atoms with E-state index in [1.807, 2.05) is 0 Å². The molecule has 0 saturated carbocycles. The summed E-state index contributed by atoms with van der Waals surface area (Å²) in [5.41, 5.74) is 0.850. The van der Waals surface area contributed by atoms with Crippen LogP contribution in [-0.4, -0.2) is 44.5 Å². The Hall–Kier alpha value is -1.54. The molecule has 0 aromatic heterocycles. The van der Waals surface area contributed by atoms with E-state index in [0.717, 1.165) is 6.26 Å². The average molecular weight is 331 g/mol. The number of anilines is 1. The zero-order chi connectivity index (χ0) is 16.0. The molecule has 1 N–H and O–H groups in total. The van der Waals surface area contributed by atoms with Crippen LogP contribution in [0.1, 0.15) is 17.3 Å². The Morgan fingerprint density at radius 1 is 1.29 bits per heavy atom. The Balaban J connectivity index is 2.68. The predicted octanol–water partition coefficient (Wildman–Crippen LogP) is 1.54. The standard InChI is InChI=1S/C13H17NO5S2/c1-9(20-8-12(15)19-2)13(16)10-4-6-11(7-5-10)14-21(3,17)18/h4-7,9,14H,8H2,1-3H3/t9-/m1/s1.